The first-order valence-corrected chi connectivity index (χ1v) is 7.75. The van der Waals surface area contributed by atoms with E-state index in [1.165, 1.54) is 0 Å². The zero-order valence-electron chi connectivity index (χ0n) is 12.5. The highest BCUT2D eigenvalue weighted by Gasteiger charge is 2.21. The molecule has 2 aromatic carbocycles. The summed E-state index contributed by atoms with van der Waals surface area (Å²) in [6, 6.07) is 13.4. The van der Waals surface area contributed by atoms with Crippen LogP contribution in [0.25, 0.3) is 17.2 Å². The summed E-state index contributed by atoms with van der Waals surface area (Å²) in [7, 11) is 0. The van der Waals surface area contributed by atoms with Crippen molar-refractivity contribution in [3.63, 3.8) is 0 Å². The Balaban J connectivity index is 1.69. The van der Waals surface area contributed by atoms with Crippen LogP contribution in [0.2, 0.25) is 0 Å². The molecule has 2 aliphatic heterocycles. The Morgan fingerprint density at radius 1 is 1.04 bits per heavy atom. The van der Waals surface area contributed by atoms with Crippen LogP contribution in [0.5, 0.6) is 0 Å². The molecular weight excluding hydrogens is 324 g/mol. The quantitative estimate of drug-likeness (QED) is 0.501. The van der Waals surface area contributed by atoms with Gasteiger partial charge in [0.2, 0.25) is 0 Å². The molecule has 5 nitrogen and oxygen atoms in total. The van der Waals surface area contributed by atoms with E-state index in [4.69, 9.17) is 17.0 Å². The van der Waals surface area contributed by atoms with Crippen LogP contribution in [0.1, 0.15) is 21.5 Å². The first-order chi connectivity index (χ1) is 11.6. The zero-order valence-corrected chi connectivity index (χ0v) is 13.3. The zero-order chi connectivity index (χ0) is 16.7. The second-order valence-corrected chi connectivity index (χ2v) is 5.95. The second-order valence-electron chi connectivity index (χ2n) is 5.54. The third-order valence-corrected chi connectivity index (χ3v) is 4.14. The van der Waals surface area contributed by atoms with Gasteiger partial charge in [-0.1, -0.05) is 24.3 Å². The average Bonchev–Trinajstić information content (AvgIpc) is 3.10. The van der Waals surface area contributed by atoms with E-state index in [9.17, 15) is 9.59 Å². The molecule has 6 heteroatoms. The Morgan fingerprint density at radius 3 is 2.67 bits per heavy atom. The summed E-state index contributed by atoms with van der Waals surface area (Å²) in [4.78, 5) is 23.3. The second kappa shape index (κ2) is 5.58. The van der Waals surface area contributed by atoms with E-state index in [-0.39, 0.29) is 11.9 Å². The van der Waals surface area contributed by atoms with Crippen molar-refractivity contribution in [2.24, 2.45) is 0 Å². The minimum absolute atomic E-state index is 0.237. The number of carbonyl (C=O) groups is 2. The minimum Gasteiger partial charge on any atom is -0.457 e. The maximum absolute atomic E-state index is 11.7. The molecule has 0 bridgehead atoms. The number of nitrogens with one attached hydrogen (secondary N) is 2. The van der Waals surface area contributed by atoms with Crippen LogP contribution in [-0.4, -0.2) is 17.0 Å². The summed E-state index contributed by atoms with van der Waals surface area (Å²) in [5, 5.41) is 5.67. The molecule has 0 unspecified atom stereocenters. The summed E-state index contributed by atoms with van der Waals surface area (Å²) < 4.78 is 5.04. The number of esters is 1. The molecule has 1 saturated heterocycles. The molecule has 0 radical (unpaired) electrons. The number of carbonyl (C=O) groups excluding carboxylic acids is 2. The number of amides is 1. The highest BCUT2D eigenvalue weighted by Crippen LogP contribution is 2.28. The van der Waals surface area contributed by atoms with Gasteiger partial charge in [-0.25, -0.2) is 4.79 Å². The Hall–Kier alpha value is -2.99. The maximum atomic E-state index is 11.7. The number of rotatable bonds is 2. The van der Waals surface area contributed by atoms with Gasteiger partial charge in [-0.2, -0.15) is 0 Å². The Labute approximate surface area is 143 Å². The topological polar surface area (TPSA) is 67.4 Å². The van der Waals surface area contributed by atoms with Gasteiger partial charge in [0.15, 0.2) is 5.11 Å². The molecule has 24 heavy (non-hydrogen) atoms. The van der Waals surface area contributed by atoms with Crippen molar-refractivity contribution in [1.82, 2.24) is 10.6 Å². The minimum atomic E-state index is -0.274. The van der Waals surface area contributed by atoms with Crippen molar-refractivity contribution in [2.75, 3.05) is 0 Å². The van der Waals surface area contributed by atoms with Gasteiger partial charge in [0.1, 0.15) is 12.3 Å². The largest absolute Gasteiger partial charge is 0.457 e. The molecule has 1 amide bonds. The van der Waals surface area contributed by atoms with Crippen molar-refractivity contribution in [1.29, 1.82) is 0 Å². The van der Waals surface area contributed by atoms with Gasteiger partial charge in [-0.15, -0.1) is 0 Å². The molecule has 2 aromatic rings. The van der Waals surface area contributed by atoms with Crippen LogP contribution >= 0.6 is 12.2 Å². The Bertz CT molecular complexity index is 934. The molecule has 2 N–H and O–H groups in total. The van der Waals surface area contributed by atoms with Crippen LogP contribution in [0.4, 0.5) is 0 Å². The molecule has 118 valence electrons. The maximum Gasteiger partial charge on any atom is 0.338 e. The first kappa shape index (κ1) is 14.6. The highest BCUT2D eigenvalue weighted by molar-refractivity contribution is 7.80. The van der Waals surface area contributed by atoms with Gasteiger partial charge in [0.25, 0.3) is 5.91 Å². The molecule has 0 atom stereocenters. The summed E-state index contributed by atoms with van der Waals surface area (Å²) in [5.74, 6) is -0.511. The average molecular weight is 336 g/mol. The van der Waals surface area contributed by atoms with Crippen LogP contribution in [0, 0.1) is 0 Å². The van der Waals surface area contributed by atoms with Gasteiger partial charge in [-0.05, 0) is 53.2 Å². The lowest BCUT2D eigenvalue weighted by Gasteiger charge is -2.05. The van der Waals surface area contributed by atoms with E-state index >= 15 is 0 Å². The fraction of sp³-hybridized carbons (Fsp3) is 0.0556. The third-order valence-electron chi connectivity index (χ3n) is 3.93. The van der Waals surface area contributed by atoms with Crippen molar-refractivity contribution in [3.8, 4) is 11.1 Å². The van der Waals surface area contributed by atoms with Crippen LogP contribution in [0.15, 0.2) is 48.2 Å². The number of ether oxygens (including phenoxy) is 1. The monoisotopic (exact) mass is 336 g/mol. The fourth-order valence-electron chi connectivity index (χ4n) is 2.77. The van der Waals surface area contributed by atoms with E-state index in [0.717, 1.165) is 22.3 Å². The molecular formula is C18H12N2O3S. The van der Waals surface area contributed by atoms with E-state index in [1.54, 1.807) is 12.1 Å². The van der Waals surface area contributed by atoms with Gasteiger partial charge in [0.05, 0.1) is 5.56 Å². The molecule has 1 fully saturated rings. The van der Waals surface area contributed by atoms with Gasteiger partial charge >= 0.3 is 5.97 Å². The SMILES string of the molecule is O=C1NC(=S)N/C1=C\c1cccc(-c2ccc3c(c2)COC3=O)c1. The van der Waals surface area contributed by atoms with E-state index in [1.807, 2.05) is 36.4 Å². The molecule has 2 heterocycles. The lowest BCUT2D eigenvalue weighted by molar-refractivity contribution is -0.115. The lowest BCUT2D eigenvalue weighted by Crippen LogP contribution is -2.21. The predicted octanol–water partition coefficient (Wildman–Crippen LogP) is 2.37. The summed E-state index contributed by atoms with van der Waals surface area (Å²) in [6.45, 7) is 0.313. The lowest BCUT2D eigenvalue weighted by atomic mass is 9.99. The predicted molar refractivity (Wildman–Crippen MR) is 92.9 cm³/mol. The first-order valence-electron chi connectivity index (χ1n) is 7.35. The van der Waals surface area contributed by atoms with E-state index in [2.05, 4.69) is 10.6 Å². The smallest absolute Gasteiger partial charge is 0.338 e. The van der Waals surface area contributed by atoms with Crippen LogP contribution in [0.3, 0.4) is 0 Å². The molecule has 4 rings (SSSR count). The molecule has 0 aromatic heterocycles. The van der Waals surface area contributed by atoms with E-state index < -0.39 is 0 Å². The van der Waals surface area contributed by atoms with Crippen molar-refractivity contribution in [3.05, 3.63) is 64.9 Å². The van der Waals surface area contributed by atoms with E-state index in [0.29, 0.717) is 23.0 Å². The van der Waals surface area contributed by atoms with Crippen LogP contribution in [-0.2, 0) is 16.1 Å². The highest BCUT2D eigenvalue weighted by atomic mass is 32.1. The summed E-state index contributed by atoms with van der Waals surface area (Å²) in [6.07, 6.45) is 1.75. The van der Waals surface area contributed by atoms with Gasteiger partial charge in [0, 0.05) is 5.56 Å². The number of fused-ring (bicyclic) bond motifs is 1. The summed E-state index contributed by atoms with van der Waals surface area (Å²) in [5.41, 5.74) is 4.80. The Morgan fingerprint density at radius 2 is 1.88 bits per heavy atom. The molecule has 2 aliphatic rings. The van der Waals surface area contributed by atoms with Crippen molar-refractivity contribution < 1.29 is 14.3 Å². The molecule has 0 saturated carbocycles. The number of thiocarbonyl (C=S) groups is 1. The Kier molecular flexibility index (Phi) is 3.39. The fourth-order valence-corrected chi connectivity index (χ4v) is 2.97. The van der Waals surface area contributed by atoms with Gasteiger partial charge < -0.3 is 10.1 Å². The molecule has 0 aliphatic carbocycles. The number of hydrogen-bond donors (Lipinski definition) is 2. The number of benzene rings is 2. The van der Waals surface area contributed by atoms with Crippen molar-refractivity contribution >= 4 is 35.3 Å². The third kappa shape index (κ3) is 2.57. The normalized spacial score (nSPS) is 17.5. The standard InChI is InChI=1S/C18H12N2O3S/c21-16-15(19-18(24)20-16)7-10-2-1-3-11(6-10)12-4-5-14-13(8-12)9-23-17(14)22/h1-8H,9H2,(H2,19,20,21,24)/b15-7-. The van der Waals surface area contributed by atoms with Crippen molar-refractivity contribution in [2.45, 2.75) is 6.61 Å². The molecule has 0 spiro atoms. The number of hydrogen-bond acceptors (Lipinski definition) is 4. The van der Waals surface area contributed by atoms with Crippen LogP contribution < -0.4 is 10.6 Å². The summed E-state index contributed by atoms with van der Waals surface area (Å²) >= 11 is 4.92. The van der Waals surface area contributed by atoms with Gasteiger partial charge in [-0.3, -0.25) is 10.1 Å². The number of cyclic esters (lactones) is 1.